The van der Waals surface area contributed by atoms with Gasteiger partial charge in [0.2, 0.25) is 0 Å². The van der Waals surface area contributed by atoms with Crippen LogP contribution in [0.5, 0.6) is 0 Å². The molecule has 1 aromatic heterocycles. The summed E-state index contributed by atoms with van der Waals surface area (Å²) in [5.74, 6) is 0.169. The Bertz CT molecular complexity index is 307. The minimum Gasteiger partial charge on any atom is -0.292 e. The zero-order valence-electron chi connectivity index (χ0n) is 8.92. The van der Waals surface area contributed by atoms with Crippen molar-refractivity contribution in [1.29, 1.82) is 0 Å². The highest BCUT2D eigenvalue weighted by Crippen LogP contribution is 2.06. The van der Waals surface area contributed by atoms with E-state index in [2.05, 4.69) is 11.9 Å². The van der Waals surface area contributed by atoms with Gasteiger partial charge >= 0.3 is 0 Å². The number of aromatic nitrogens is 1. The highest BCUT2D eigenvalue weighted by Gasteiger charge is 2.05. The zero-order valence-corrected chi connectivity index (χ0v) is 8.92. The lowest BCUT2D eigenvalue weighted by Crippen LogP contribution is -2.02. The van der Waals surface area contributed by atoms with Crippen molar-refractivity contribution in [3.05, 3.63) is 29.6 Å². The SMILES string of the molecule is CCCCCC(=O)c1cccc(C)n1. The summed E-state index contributed by atoms with van der Waals surface area (Å²) in [5, 5.41) is 0. The Balaban J connectivity index is 2.52. The second kappa shape index (κ2) is 5.53. The van der Waals surface area contributed by atoms with E-state index in [9.17, 15) is 4.79 Å². The van der Waals surface area contributed by atoms with Crippen molar-refractivity contribution in [1.82, 2.24) is 4.98 Å². The van der Waals surface area contributed by atoms with Crippen LogP contribution >= 0.6 is 0 Å². The Morgan fingerprint density at radius 1 is 1.36 bits per heavy atom. The molecule has 0 aliphatic heterocycles. The number of aryl methyl sites for hydroxylation is 1. The van der Waals surface area contributed by atoms with Gasteiger partial charge < -0.3 is 0 Å². The smallest absolute Gasteiger partial charge is 0.181 e. The molecule has 0 fully saturated rings. The van der Waals surface area contributed by atoms with Gasteiger partial charge in [-0.1, -0.05) is 25.8 Å². The molecule has 0 N–H and O–H groups in total. The first kappa shape index (κ1) is 10.9. The Morgan fingerprint density at radius 2 is 2.14 bits per heavy atom. The molecule has 0 bridgehead atoms. The first-order chi connectivity index (χ1) is 6.74. The van der Waals surface area contributed by atoms with E-state index >= 15 is 0 Å². The van der Waals surface area contributed by atoms with Gasteiger partial charge in [0.1, 0.15) is 5.69 Å². The second-order valence-electron chi connectivity index (χ2n) is 3.54. The highest BCUT2D eigenvalue weighted by atomic mass is 16.1. The summed E-state index contributed by atoms with van der Waals surface area (Å²) in [5.41, 5.74) is 1.52. The van der Waals surface area contributed by atoms with Crippen LogP contribution in [-0.4, -0.2) is 10.8 Å². The van der Waals surface area contributed by atoms with Crippen LogP contribution in [0.4, 0.5) is 0 Å². The molecular weight excluding hydrogens is 174 g/mol. The van der Waals surface area contributed by atoms with Crippen LogP contribution < -0.4 is 0 Å². The quantitative estimate of drug-likeness (QED) is 0.528. The fraction of sp³-hybridized carbons (Fsp3) is 0.500. The molecule has 0 atom stereocenters. The van der Waals surface area contributed by atoms with Crippen molar-refractivity contribution in [3.63, 3.8) is 0 Å². The van der Waals surface area contributed by atoms with Gasteiger partial charge in [0.05, 0.1) is 0 Å². The number of carbonyl (C=O) groups excluding carboxylic acids is 1. The van der Waals surface area contributed by atoms with E-state index in [0.717, 1.165) is 25.0 Å². The number of carbonyl (C=O) groups is 1. The molecule has 76 valence electrons. The first-order valence-corrected chi connectivity index (χ1v) is 5.21. The van der Waals surface area contributed by atoms with Gasteiger partial charge in [0.25, 0.3) is 0 Å². The van der Waals surface area contributed by atoms with Crippen LogP contribution in [0, 0.1) is 6.92 Å². The van der Waals surface area contributed by atoms with E-state index in [1.807, 2.05) is 19.1 Å². The number of ketones is 1. The summed E-state index contributed by atoms with van der Waals surface area (Å²) in [6, 6.07) is 5.58. The maximum atomic E-state index is 11.6. The molecule has 0 spiro atoms. The van der Waals surface area contributed by atoms with Gasteiger partial charge in [-0.2, -0.15) is 0 Å². The number of hydrogen-bond acceptors (Lipinski definition) is 2. The van der Waals surface area contributed by atoms with Crippen molar-refractivity contribution in [2.45, 2.75) is 39.5 Å². The molecule has 0 unspecified atom stereocenters. The Hall–Kier alpha value is -1.18. The second-order valence-corrected chi connectivity index (χ2v) is 3.54. The topological polar surface area (TPSA) is 30.0 Å². The molecule has 0 radical (unpaired) electrons. The van der Waals surface area contributed by atoms with E-state index < -0.39 is 0 Å². The predicted molar refractivity (Wildman–Crippen MR) is 57.4 cm³/mol. The molecule has 1 heterocycles. The molecule has 0 aliphatic carbocycles. The number of rotatable bonds is 5. The van der Waals surface area contributed by atoms with E-state index in [4.69, 9.17) is 0 Å². The third-order valence-electron chi connectivity index (χ3n) is 2.18. The average Bonchev–Trinajstić information content (AvgIpc) is 2.18. The monoisotopic (exact) mass is 191 g/mol. The number of unbranched alkanes of at least 4 members (excludes halogenated alkanes) is 2. The largest absolute Gasteiger partial charge is 0.292 e. The van der Waals surface area contributed by atoms with Gasteiger partial charge in [-0.25, -0.2) is 0 Å². The standard InChI is InChI=1S/C12H17NO/c1-3-4-5-9-12(14)11-8-6-7-10(2)13-11/h6-8H,3-5,9H2,1-2H3. The van der Waals surface area contributed by atoms with Crippen LogP contribution in [0.3, 0.4) is 0 Å². The maximum Gasteiger partial charge on any atom is 0.181 e. The lowest BCUT2D eigenvalue weighted by atomic mass is 10.1. The third-order valence-corrected chi connectivity index (χ3v) is 2.18. The summed E-state index contributed by atoms with van der Waals surface area (Å²) in [6.45, 7) is 4.04. The van der Waals surface area contributed by atoms with Crippen molar-refractivity contribution >= 4 is 5.78 Å². The van der Waals surface area contributed by atoms with Gasteiger partial charge in [-0.05, 0) is 25.5 Å². The van der Waals surface area contributed by atoms with Crippen LogP contribution in [0.15, 0.2) is 18.2 Å². The molecule has 1 aromatic rings. The van der Waals surface area contributed by atoms with E-state index in [-0.39, 0.29) is 5.78 Å². The molecule has 0 aromatic carbocycles. The summed E-state index contributed by atoms with van der Waals surface area (Å²) < 4.78 is 0. The minimum absolute atomic E-state index is 0.169. The third kappa shape index (κ3) is 3.29. The lowest BCUT2D eigenvalue weighted by molar-refractivity contribution is 0.0974. The van der Waals surface area contributed by atoms with Crippen LogP contribution in [-0.2, 0) is 0 Å². The van der Waals surface area contributed by atoms with Gasteiger partial charge in [0, 0.05) is 12.1 Å². The fourth-order valence-electron chi connectivity index (χ4n) is 1.36. The molecule has 1 rings (SSSR count). The Kier molecular flexibility index (Phi) is 4.30. The van der Waals surface area contributed by atoms with Crippen LogP contribution in [0.2, 0.25) is 0 Å². The predicted octanol–water partition coefficient (Wildman–Crippen LogP) is 3.15. The normalized spacial score (nSPS) is 10.1. The molecule has 0 saturated heterocycles. The van der Waals surface area contributed by atoms with E-state index in [1.165, 1.54) is 0 Å². The van der Waals surface area contributed by atoms with E-state index in [1.54, 1.807) is 6.07 Å². The van der Waals surface area contributed by atoms with Crippen molar-refractivity contribution < 1.29 is 4.79 Å². The zero-order chi connectivity index (χ0) is 10.4. The molecule has 2 nitrogen and oxygen atoms in total. The minimum atomic E-state index is 0.169. The van der Waals surface area contributed by atoms with E-state index in [0.29, 0.717) is 12.1 Å². The number of Topliss-reactive ketones (excluding diaryl/α,β-unsaturated/α-hetero) is 1. The molecule has 0 saturated carbocycles. The molecule has 14 heavy (non-hydrogen) atoms. The Morgan fingerprint density at radius 3 is 2.79 bits per heavy atom. The number of pyridine rings is 1. The van der Waals surface area contributed by atoms with Crippen molar-refractivity contribution in [2.24, 2.45) is 0 Å². The van der Waals surface area contributed by atoms with Gasteiger partial charge in [-0.15, -0.1) is 0 Å². The maximum absolute atomic E-state index is 11.6. The summed E-state index contributed by atoms with van der Waals surface area (Å²) in [4.78, 5) is 15.8. The number of nitrogens with zero attached hydrogens (tertiary/aromatic N) is 1. The summed E-state index contributed by atoms with van der Waals surface area (Å²) in [7, 11) is 0. The van der Waals surface area contributed by atoms with Crippen LogP contribution in [0.1, 0.15) is 48.8 Å². The van der Waals surface area contributed by atoms with Crippen molar-refractivity contribution in [3.8, 4) is 0 Å². The van der Waals surface area contributed by atoms with Gasteiger partial charge in [-0.3, -0.25) is 9.78 Å². The summed E-state index contributed by atoms with van der Waals surface area (Å²) >= 11 is 0. The first-order valence-electron chi connectivity index (χ1n) is 5.21. The Labute approximate surface area is 85.4 Å². The fourth-order valence-corrected chi connectivity index (χ4v) is 1.36. The molecule has 0 aliphatic rings. The molecule has 2 heteroatoms. The average molecular weight is 191 g/mol. The van der Waals surface area contributed by atoms with Crippen LogP contribution in [0.25, 0.3) is 0 Å². The number of hydrogen-bond donors (Lipinski definition) is 0. The van der Waals surface area contributed by atoms with Crippen molar-refractivity contribution in [2.75, 3.05) is 0 Å². The highest BCUT2D eigenvalue weighted by molar-refractivity contribution is 5.94. The van der Waals surface area contributed by atoms with Gasteiger partial charge in [0.15, 0.2) is 5.78 Å². The molecular formula is C12H17NO. The summed E-state index contributed by atoms with van der Waals surface area (Å²) in [6.07, 6.45) is 3.88. The molecule has 0 amide bonds. The lowest BCUT2D eigenvalue weighted by Gasteiger charge is -2.00.